The second-order valence-corrected chi connectivity index (χ2v) is 20.9. The molecule has 0 heterocycles. The van der Waals surface area contributed by atoms with Crippen molar-refractivity contribution in [1.82, 2.24) is 0 Å². The molecule has 16 atom stereocenters. The van der Waals surface area contributed by atoms with E-state index in [0.29, 0.717) is 44.1 Å². The number of ether oxygens (including phenoxy) is 5. The first kappa shape index (κ1) is 65.8. The van der Waals surface area contributed by atoms with Gasteiger partial charge in [-0.05, 0) is 86.5 Å². The van der Waals surface area contributed by atoms with Gasteiger partial charge in [-0.1, -0.05) is 19.9 Å². The summed E-state index contributed by atoms with van der Waals surface area (Å²) < 4.78 is 27.2. The van der Waals surface area contributed by atoms with Gasteiger partial charge < -0.3 is 136 Å². The first-order valence-corrected chi connectivity index (χ1v) is 25.5. The summed E-state index contributed by atoms with van der Waals surface area (Å²) in [6, 6.07) is 0. The van der Waals surface area contributed by atoms with E-state index in [2.05, 4.69) is 6.58 Å². The lowest BCUT2D eigenvalue weighted by Crippen LogP contribution is -2.60. The molecule has 78 heavy (non-hydrogen) atoms. The minimum Gasteiger partial charge on any atom is -0.506 e. The minimum atomic E-state index is -2.68. The fourth-order valence-corrected chi connectivity index (χ4v) is 11.9. The van der Waals surface area contributed by atoms with Crippen LogP contribution < -0.4 is 0 Å². The first-order valence-electron chi connectivity index (χ1n) is 25.5. The molecule has 22 N–H and O–H groups in total. The molecule has 1 spiro atoms. The van der Waals surface area contributed by atoms with Crippen LogP contribution in [-0.2, 0) is 28.5 Å². The number of carbonyl (C=O) groups excluding carboxylic acids is 1. The summed E-state index contributed by atoms with van der Waals surface area (Å²) in [6.45, 7) is 4.57. The maximum Gasteiger partial charge on any atom is 0.314 e. The summed E-state index contributed by atoms with van der Waals surface area (Å²) in [5, 5.41) is 227. The molecule has 4 saturated carbocycles. The minimum absolute atomic E-state index is 0.135. The summed E-state index contributed by atoms with van der Waals surface area (Å²) in [6.07, 6.45) is -22.0. The molecule has 4 rings (SSSR count). The summed E-state index contributed by atoms with van der Waals surface area (Å²) in [4.78, 5) is 14.4. The van der Waals surface area contributed by atoms with E-state index in [4.69, 9.17) is 33.9 Å². The first-order chi connectivity index (χ1) is 36.5. The predicted octanol–water partition coefficient (Wildman–Crippen LogP) is -0.474. The van der Waals surface area contributed by atoms with Crippen LogP contribution in [0, 0.1) is 28.1 Å². The van der Waals surface area contributed by atoms with Gasteiger partial charge in [0.1, 0.15) is 30.5 Å². The van der Waals surface area contributed by atoms with Crippen molar-refractivity contribution in [2.24, 2.45) is 28.1 Å². The molecule has 28 nitrogen and oxygen atoms in total. The highest BCUT2D eigenvalue weighted by atomic mass is 16.7. The fraction of sp³-hybridized carbons (Fsp3) is 0.740. The standard InChI is InChI=1S/C50H80O28/c1-23-21-49-14-5-29-47(2,12-4-13-48(29,3)46(73)77-44(71)39(34(63)27(58)10-19-54)75-42(69)37(66)32(61)25(56)8-17-52)30(49)6-15-50(23,22-49)78-45(72)40(76-43(70)38(67)33(62)26(57)9-18-53)35(64)28(59)11-20-74-41(68)36(65)31(60)24(55)7-16-51/h24-30,41-45,51-72H,1,4-22H2,2-3H3/b36-31+,37-32-,38-33-,39-34-,40-35+/t24?,25?,26?,27?,28?,29?,30-,41?,42?,43?,44?,45?,47?,48+,49?,50-/m0/s1. The molecule has 4 aliphatic carbocycles. The molecule has 448 valence electrons. The Morgan fingerprint density at radius 1 is 0.513 bits per heavy atom. The van der Waals surface area contributed by atoms with Crippen molar-refractivity contribution in [3.8, 4) is 0 Å². The van der Waals surface area contributed by atoms with Gasteiger partial charge in [-0.15, -0.1) is 0 Å². The van der Waals surface area contributed by atoms with E-state index in [0.717, 1.165) is 0 Å². The van der Waals surface area contributed by atoms with Crippen molar-refractivity contribution < 1.29 is 141 Å². The van der Waals surface area contributed by atoms with E-state index in [1.807, 2.05) is 6.92 Å². The number of esters is 1. The van der Waals surface area contributed by atoms with Crippen molar-refractivity contribution in [2.75, 3.05) is 33.0 Å². The largest absolute Gasteiger partial charge is 0.506 e. The highest BCUT2D eigenvalue weighted by Crippen LogP contribution is 2.73. The van der Waals surface area contributed by atoms with Crippen LogP contribution in [0.5, 0.6) is 0 Å². The molecule has 2 bridgehead atoms. The van der Waals surface area contributed by atoms with Crippen molar-refractivity contribution in [3.63, 3.8) is 0 Å². The second kappa shape index (κ2) is 27.6. The molecule has 0 aromatic rings. The maximum absolute atomic E-state index is 14.4. The fourth-order valence-electron chi connectivity index (χ4n) is 11.9. The predicted molar refractivity (Wildman–Crippen MR) is 262 cm³/mol. The van der Waals surface area contributed by atoms with E-state index < -0.39 is 218 Å². The average Bonchev–Trinajstić information content (AvgIpc) is 3.59. The number of aliphatic hydroxyl groups excluding tert-OH is 22. The summed E-state index contributed by atoms with van der Waals surface area (Å²) in [7, 11) is 0. The lowest BCUT2D eigenvalue weighted by atomic mass is 9.41. The normalized spacial score (nSPS) is 30.6. The Bertz CT molecular complexity index is 2210. The molecule has 4 aliphatic rings. The third-order valence-electron chi connectivity index (χ3n) is 15.9. The molecule has 0 aromatic carbocycles. The Morgan fingerprint density at radius 2 is 0.936 bits per heavy atom. The van der Waals surface area contributed by atoms with Gasteiger partial charge in [-0.3, -0.25) is 4.79 Å². The zero-order chi connectivity index (χ0) is 58.8. The second-order valence-electron chi connectivity index (χ2n) is 20.9. The summed E-state index contributed by atoms with van der Waals surface area (Å²) >= 11 is 0. The SMILES string of the molecule is C=C1CC23CCC4C(C)(CCC[C@@]4(C)C(=O)OC(O)/C(OC(O)/C(O)=C(/O)C(O)CCO)=C(/O)C(O)CCO)[C@@H]2CC[C@]1(OC(O)/C(OC(O)/C(O)=C(/O)C(O)CCO)=C(\O)C(O)CCOC(O)/C(O)=C(\O)C(O)CCO)C3. The lowest BCUT2D eigenvalue weighted by molar-refractivity contribution is -0.226. The number of aliphatic hydroxyl groups is 22. The number of hydrogen-bond donors (Lipinski definition) is 22. The quantitative estimate of drug-likeness (QED) is 0.0187. The van der Waals surface area contributed by atoms with Gasteiger partial charge in [0, 0.05) is 58.5 Å². The number of carbonyl (C=O) groups is 1. The number of hydrogen-bond acceptors (Lipinski definition) is 28. The van der Waals surface area contributed by atoms with Gasteiger partial charge >= 0.3 is 5.97 Å². The van der Waals surface area contributed by atoms with Crippen molar-refractivity contribution >= 4 is 5.97 Å². The monoisotopic (exact) mass is 1130 g/mol. The maximum atomic E-state index is 14.4. The Hall–Kier alpha value is -4.73. The van der Waals surface area contributed by atoms with Crippen molar-refractivity contribution in [2.45, 2.75) is 171 Å². The molecule has 4 fully saturated rings. The smallest absolute Gasteiger partial charge is 0.314 e. The van der Waals surface area contributed by atoms with Crippen LogP contribution in [0.25, 0.3) is 0 Å². The van der Waals surface area contributed by atoms with Gasteiger partial charge in [-0.25, -0.2) is 0 Å². The van der Waals surface area contributed by atoms with Gasteiger partial charge in [0.2, 0.25) is 29.9 Å². The number of rotatable bonds is 30. The third-order valence-corrected chi connectivity index (χ3v) is 15.9. The molecule has 0 aromatic heterocycles. The highest BCUT2D eigenvalue weighted by molar-refractivity contribution is 5.77. The molecular formula is C50H80O28. The molecule has 0 aliphatic heterocycles. The van der Waals surface area contributed by atoms with Crippen LogP contribution in [0.3, 0.4) is 0 Å². The van der Waals surface area contributed by atoms with Crippen molar-refractivity contribution in [1.29, 1.82) is 0 Å². The van der Waals surface area contributed by atoms with Crippen LogP contribution in [-0.4, -0.2) is 219 Å². The van der Waals surface area contributed by atoms with Crippen LogP contribution in [0.4, 0.5) is 0 Å². The summed E-state index contributed by atoms with van der Waals surface area (Å²) in [5.41, 5.74) is -3.58. The topological polar surface area (TPSA) is 508 Å². The Kier molecular flexibility index (Phi) is 23.3. The van der Waals surface area contributed by atoms with Gasteiger partial charge in [-0.2, -0.15) is 0 Å². The number of fused-ring (bicyclic) bond motifs is 3. The van der Waals surface area contributed by atoms with E-state index in [1.165, 1.54) is 0 Å². The third kappa shape index (κ3) is 14.2. The highest BCUT2D eigenvalue weighted by Gasteiger charge is 2.69. The van der Waals surface area contributed by atoms with E-state index >= 15 is 0 Å². The van der Waals surface area contributed by atoms with Gasteiger partial charge in [0.15, 0.2) is 40.3 Å². The zero-order valence-corrected chi connectivity index (χ0v) is 43.4. The average molecular weight is 1130 g/mol. The van der Waals surface area contributed by atoms with Crippen molar-refractivity contribution in [3.05, 3.63) is 69.7 Å². The molecule has 0 radical (unpaired) electrons. The van der Waals surface area contributed by atoms with Gasteiger partial charge in [0.05, 0.1) is 17.6 Å². The van der Waals surface area contributed by atoms with E-state index in [1.54, 1.807) is 6.92 Å². The Morgan fingerprint density at radius 3 is 1.41 bits per heavy atom. The van der Waals surface area contributed by atoms with Crippen LogP contribution in [0.2, 0.25) is 0 Å². The Labute approximate surface area is 448 Å². The molecular weight excluding hydrogens is 1050 g/mol. The Balaban J connectivity index is 1.62. The molecule has 28 heteroatoms. The zero-order valence-electron chi connectivity index (χ0n) is 43.4. The molecule has 13 unspecified atom stereocenters. The van der Waals surface area contributed by atoms with Crippen LogP contribution in [0.15, 0.2) is 69.7 Å². The molecule has 0 amide bonds. The molecule has 0 saturated heterocycles. The van der Waals surface area contributed by atoms with E-state index in [-0.39, 0.29) is 25.2 Å². The summed E-state index contributed by atoms with van der Waals surface area (Å²) in [5.74, 6) is -14.3. The van der Waals surface area contributed by atoms with Gasteiger partial charge in [0.25, 0.3) is 18.9 Å². The lowest BCUT2D eigenvalue weighted by Gasteiger charge is -2.64. The van der Waals surface area contributed by atoms with Crippen LogP contribution in [0.1, 0.15) is 104 Å². The van der Waals surface area contributed by atoms with E-state index in [9.17, 15) is 107 Å². The van der Waals surface area contributed by atoms with Crippen LogP contribution >= 0.6 is 0 Å².